The molecule has 1 saturated heterocycles. The molecule has 0 bridgehead atoms. The molecule has 0 aliphatic carbocycles. The highest BCUT2D eigenvalue weighted by molar-refractivity contribution is 5.77. The molecule has 0 aromatic heterocycles. The van der Waals surface area contributed by atoms with Crippen molar-refractivity contribution in [2.75, 3.05) is 26.7 Å². The predicted molar refractivity (Wildman–Crippen MR) is 51.7 cm³/mol. The number of methoxy groups -OCH3 is 1. The number of carbonyl (C=O) groups excluding carboxylic acids is 1. The number of β-amino-alcohol motifs (C(OH)–C–C–N with tert-alkyl or cyclic N) is 1. The van der Waals surface area contributed by atoms with Crippen LogP contribution < -0.4 is 5.73 Å². The van der Waals surface area contributed by atoms with Crippen LogP contribution in [-0.2, 0) is 9.53 Å². The average Bonchev–Trinajstić information content (AvgIpc) is 2.61. The van der Waals surface area contributed by atoms with Crippen molar-refractivity contribution < 1.29 is 14.6 Å². The maximum Gasteiger partial charge on any atom is 0.225 e. The molecule has 1 aliphatic heterocycles. The van der Waals surface area contributed by atoms with Crippen molar-refractivity contribution in [2.24, 2.45) is 5.73 Å². The highest BCUT2D eigenvalue weighted by Gasteiger charge is 2.25. The second kappa shape index (κ2) is 5.29. The van der Waals surface area contributed by atoms with Crippen molar-refractivity contribution in [1.29, 1.82) is 0 Å². The third-order valence-corrected chi connectivity index (χ3v) is 2.51. The van der Waals surface area contributed by atoms with Crippen LogP contribution in [0.5, 0.6) is 0 Å². The second-order valence-corrected chi connectivity index (χ2v) is 3.58. The predicted octanol–water partition coefficient (Wildman–Crippen LogP) is -1.06. The summed E-state index contributed by atoms with van der Waals surface area (Å²) in [7, 11) is 1.55. The van der Waals surface area contributed by atoms with E-state index in [2.05, 4.69) is 0 Å². The molecule has 0 saturated carbocycles. The van der Waals surface area contributed by atoms with Crippen LogP contribution in [0.1, 0.15) is 12.8 Å². The van der Waals surface area contributed by atoms with Gasteiger partial charge < -0.3 is 20.5 Å². The number of aliphatic hydroxyl groups excluding tert-OH is 1. The van der Waals surface area contributed by atoms with Crippen LogP contribution in [0.4, 0.5) is 0 Å². The summed E-state index contributed by atoms with van der Waals surface area (Å²) >= 11 is 0. The van der Waals surface area contributed by atoms with Crippen LogP contribution in [0.15, 0.2) is 0 Å². The van der Waals surface area contributed by atoms with Gasteiger partial charge >= 0.3 is 0 Å². The van der Waals surface area contributed by atoms with E-state index >= 15 is 0 Å². The fourth-order valence-electron chi connectivity index (χ4n) is 1.56. The molecule has 0 spiro atoms. The zero-order valence-corrected chi connectivity index (χ0v) is 8.48. The molecule has 1 aliphatic rings. The van der Waals surface area contributed by atoms with Gasteiger partial charge in [-0.3, -0.25) is 4.79 Å². The van der Waals surface area contributed by atoms with Crippen LogP contribution in [0.2, 0.25) is 0 Å². The van der Waals surface area contributed by atoms with Gasteiger partial charge in [-0.05, 0) is 6.42 Å². The molecule has 0 aromatic carbocycles. The van der Waals surface area contributed by atoms with E-state index in [1.165, 1.54) is 0 Å². The van der Waals surface area contributed by atoms with Crippen molar-refractivity contribution in [1.82, 2.24) is 4.90 Å². The molecular weight excluding hydrogens is 184 g/mol. The van der Waals surface area contributed by atoms with E-state index in [1.807, 2.05) is 0 Å². The lowest BCUT2D eigenvalue weighted by atomic mass is 10.2. The Hall–Kier alpha value is -0.650. The second-order valence-electron chi connectivity index (χ2n) is 3.58. The minimum absolute atomic E-state index is 0.0128. The van der Waals surface area contributed by atoms with Crippen LogP contribution in [-0.4, -0.2) is 54.9 Å². The molecule has 3 N–H and O–H groups in total. The van der Waals surface area contributed by atoms with Crippen LogP contribution in [0.25, 0.3) is 0 Å². The summed E-state index contributed by atoms with van der Waals surface area (Å²) < 4.78 is 5.02. The van der Waals surface area contributed by atoms with E-state index in [-0.39, 0.29) is 18.1 Å². The van der Waals surface area contributed by atoms with Gasteiger partial charge in [-0.1, -0.05) is 0 Å². The minimum Gasteiger partial charge on any atom is -0.391 e. The molecule has 0 radical (unpaired) electrons. The number of hydrogen-bond acceptors (Lipinski definition) is 4. The maximum atomic E-state index is 11.6. The Morgan fingerprint density at radius 1 is 1.79 bits per heavy atom. The molecule has 5 heteroatoms. The molecule has 1 fully saturated rings. The first-order valence-electron chi connectivity index (χ1n) is 4.86. The Morgan fingerprint density at radius 2 is 2.50 bits per heavy atom. The SMILES string of the molecule is COC(CN)CC(=O)N1CC[C@@H](O)C1. The summed E-state index contributed by atoms with van der Waals surface area (Å²) in [5, 5.41) is 9.25. The number of carbonyl (C=O) groups is 1. The van der Waals surface area contributed by atoms with Crippen LogP contribution >= 0.6 is 0 Å². The summed E-state index contributed by atoms with van der Waals surface area (Å²) in [6.07, 6.45) is 0.407. The lowest BCUT2D eigenvalue weighted by Crippen LogP contribution is -2.35. The molecule has 0 aromatic rings. The summed E-state index contributed by atoms with van der Waals surface area (Å²) in [5.41, 5.74) is 5.41. The number of nitrogens with zero attached hydrogens (tertiary/aromatic N) is 1. The molecule has 5 nitrogen and oxygen atoms in total. The number of nitrogens with two attached hydrogens (primary N) is 1. The highest BCUT2D eigenvalue weighted by Crippen LogP contribution is 2.11. The zero-order chi connectivity index (χ0) is 10.6. The normalized spacial score (nSPS) is 23.9. The number of rotatable bonds is 4. The van der Waals surface area contributed by atoms with E-state index in [9.17, 15) is 9.90 Å². The van der Waals surface area contributed by atoms with Gasteiger partial charge in [0.05, 0.1) is 18.6 Å². The zero-order valence-electron chi connectivity index (χ0n) is 8.48. The maximum absolute atomic E-state index is 11.6. The smallest absolute Gasteiger partial charge is 0.225 e. The van der Waals surface area contributed by atoms with E-state index in [0.717, 1.165) is 0 Å². The van der Waals surface area contributed by atoms with E-state index in [1.54, 1.807) is 12.0 Å². The summed E-state index contributed by atoms with van der Waals surface area (Å²) in [6.45, 7) is 1.43. The van der Waals surface area contributed by atoms with Gasteiger partial charge in [0.2, 0.25) is 5.91 Å². The van der Waals surface area contributed by atoms with Crippen molar-refractivity contribution in [2.45, 2.75) is 25.0 Å². The Morgan fingerprint density at radius 3 is 2.93 bits per heavy atom. The third kappa shape index (κ3) is 2.94. The van der Waals surface area contributed by atoms with Gasteiger partial charge in [0.15, 0.2) is 0 Å². The van der Waals surface area contributed by atoms with Crippen LogP contribution in [0, 0.1) is 0 Å². The monoisotopic (exact) mass is 202 g/mol. The minimum atomic E-state index is -0.363. The van der Waals surface area contributed by atoms with Crippen LogP contribution in [0.3, 0.4) is 0 Å². The summed E-state index contributed by atoms with van der Waals surface area (Å²) in [6, 6.07) is 0. The van der Waals surface area contributed by atoms with Crippen molar-refractivity contribution in [3.63, 3.8) is 0 Å². The Labute approximate surface area is 83.8 Å². The number of aliphatic hydroxyl groups is 1. The van der Waals surface area contributed by atoms with Gasteiger partial charge in [0.25, 0.3) is 0 Å². The number of amides is 1. The van der Waals surface area contributed by atoms with E-state index in [4.69, 9.17) is 10.5 Å². The molecule has 1 rings (SSSR count). The third-order valence-electron chi connectivity index (χ3n) is 2.51. The summed E-state index contributed by atoms with van der Waals surface area (Å²) in [4.78, 5) is 13.3. The fourth-order valence-corrected chi connectivity index (χ4v) is 1.56. The standard InChI is InChI=1S/C9H18N2O3/c1-14-8(5-10)4-9(13)11-3-2-7(12)6-11/h7-8,12H,2-6,10H2,1H3/t7-,8?/m1/s1. The largest absolute Gasteiger partial charge is 0.391 e. The lowest BCUT2D eigenvalue weighted by molar-refractivity contribution is -0.132. The molecule has 82 valence electrons. The first kappa shape index (κ1) is 11.4. The Bertz CT molecular complexity index is 194. The number of ether oxygens (including phenoxy) is 1. The van der Waals surface area contributed by atoms with Gasteiger partial charge in [-0.25, -0.2) is 0 Å². The van der Waals surface area contributed by atoms with Gasteiger partial charge in [-0.15, -0.1) is 0 Å². The van der Waals surface area contributed by atoms with Crippen molar-refractivity contribution in [3.05, 3.63) is 0 Å². The molecule has 1 unspecified atom stereocenters. The van der Waals surface area contributed by atoms with Crippen molar-refractivity contribution in [3.8, 4) is 0 Å². The molecule has 14 heavy (non-hydrogen) atoms. The fraction of sp³-hybridized carbons (Fsp3) is 0.889. The topological polar surface area (TPSA) is 75.8 Å². The lowest BCUT2D eigenvalue weighted by Gasteiger charge is -2.18. The average molecular weight is 202 g/mol. The Kier molecular flexibility index (Phi) is 4.31. The highest BCUT2D eigenvalue weighted by atomic mass is 16.5. The molecule has 1 amide bonds. The molecular formula is C9H18N2O3. The van der Waals surface area contributed by atoms with Gasteiger partial charge in [-0.2, -0.15) is 0 Å². The number of hydrogen-bond donors (Lipinski definition) is 2. The quantitative estimate of drug-likeness (QED) is 0.609. The molecule has 1 heterocycles. The first-order valence-corrected chi connectivity index (χ1v) is 4.86. The molecule has 2 atom stereocenters. The Balaban J connectivity index is 2.34. The van der Waals surface area contributed by atoms with E-state index in [0.29, 0.717) is 32.5 Å². The summed E-state index contributed by atoms with van der Waals surface area (Å²) in [5.74, 6) is 0.0128. The number of likely N-dealkylation sites (tertiary alicyclic amines) is 1. The van der Waals surface area contributed by atoms with Crippen molar-refractivity contribution >= 4 is 5.91 Å². The van der Waals surface area contributed by atoms with Gasteiger partial charge in [0.1, 0.15) is 0 Å². The van der Waals surface area contributed by atoms with Gasteiger partial charge in [0, 0.05) is 26.7 Å². The first-order chi connectivity index (χ1) is 6.67. The van der Waals surface area contributed by atoms with E-state index < -0.39 is 0 Å².